The van der Waals surface area contributed by atoms with Crippen molar-refractivity contribution in [2.75, 3.05) is 0 Å². The first kappa shape index (κ1) is 12.9. The molecular weight excluding hydrogens is 262 g/mol. The van der Waals surface area contributed by atoms with Crippen molar-refractivity contribution >= 4 is 23.0 Å². The second-order valence-corrected chi connectivity index (χ2v) is 4.80. The van der Waals surface area contributed by atoms with E-state index in [0.717, 1.165) is 27.7 Å². The largest absolute Gasteiger partial charge is 0.384 e. The van der Waals surface area contributed by atoms with Crippen LogP contribution in [0.5, 0.6) is 0 Å². The molecule has 0 radical (unpaired) electrons. The zero-order valence-corrected chi connectivity index (χ0v) is 11.3. The molecular formula is C16H15N5. The summed E-state index contributed by atoms with van der Waals surface area (Å²) in [6.45, 7) is 0. The summed E-state index contributed by atoms with van der Waals surface area (Å²) in [5.74, 6) is 5.20. The summed E-state index contributed by atoms with van der Waals surface area (Å²) in [6, 6.07) is 15.7. The van der Waals surface area contributed by atoms with Gasteiger partial charge in [-0.15, -0.1) is 0 Å². The molecule has 0 aliphatic heterocycles. The van der Waals surface area contributed by atoms with Gasteiger partial charge < -0.3 is 16.6 Å². The van der Waals surface area contributed by atoms with Gasteiger partial charge in [-0.25, -0.2) is 0 Å². The molecule has 5 nitrogen and oxygen atoms in total. The molecule has 2 aromatic carbocycles. The van der Waals surface area contributed by atoms with Crippen molar-refractivity contribution in [2.45, 2.75) is 0 Å². The molecule has 1 aromatic heterocycles. The quantitative estimate of drug-likeness (QED) is 0.255. The summed E-state index contributed by atoms with van der Waals surface area (Å²) < 4.78 is 0. The molecule has 0 fully saturated rings. The van der Waals surface area contributed by atoms with Crippen LogP contribution < -0.4 is 11.6 Å². The first-order valence-electron chi connectivity index (χ1n) is 6.48. The van der Waals surface area contributed by atoms with Crippen molar-refractivity contribution < 1.29 is 0 Å². The number of aromatic amines is 1. The minimum Gasteiger partial charge on any atom is -0.384 e. The lowest BCUT2D eigenvalue weighted by atomic mass is 10.1. The number of nitrogens with zero attached hydrogens (tertiary/aromatic N) is 1. The summed E-state index contributed by atoms with van der Waals surface area (Å²) in [6.07, 6.45) is 1.61. The fourth-order valence-electron chi connectivity index (χ4n) is 2.28. The number of rotatable bonds is 3. The van der Waals surface area contributed by atoms with Gasteiger partial charge in [0.1, 0.15) is 5.84 Å². The number of fused-ring (bicyclic) bond motifs is 1. The van der Waals surface area contributed by atoms with E-state index >= 15 is 0 Å². The molecule has 3 aromatic rings. The summed E-state index contributed by atoms with van der Waals surface area (Å²) in [5, 5.41) is 12.1. The maximum atomic E-state index is 7.49. The Morgan fingerprint density at radius 3 is 2.52 bits per heavy atom. The SMILES string of the molecule is N=C(N)c1ccc2cc(-c3ccc(/C=N/N)cc3)[nH]c2c1. The molecule has 21 heavy (non-hydrogen) atoms. The van der Waals surface area contributed by atoms with Gasteiger partial charge in [0.2, 0.25) is 0 Å². The molecule has 0 unspecified atom stereocenters. The Bertz CT molecular complexity index is 827. The van der Waals surface area contributed by atoms with Gasteiger partial charge in [-0.2, -0.15) is 5.10 Å². The Labute approximate surface area is 121 Å². The van der Waals surface area contributed by atoms with Crippen LogP contribution in [0.15, 0.2) is 53.6 Å². The van der Waals surface area contributed by atoms with Gasteiger partial charge in [0.25, 0.3) is 0 Å². The van der Waals surface area contributed by atoms with Gasteiger partial charge in [0.15, 0.2) is 0 Å². The Kier molecular flexibility index (Phi) is 3.16. The number of benzene rings is 2. The van der Waals surface area contributed by atoms with Crippen LogP contribution in [0.25, 0.3) is 22.2 Å². The van der Waals surface area contributed by atoms with Gasteiger partial charge >= 0.3 is 0 Å². The van der Waals surface area contributed by atoms with Crippen LogP contribution in [0, 0.1) is 5.41 Å². The molecule has 5 heteroatoms. The summed E-state index contributed by atoms with van der Waals surface area (Å²) in [7, 11) is 0. The zero-order chi connectivity index (χ0) is 14.8. The van der Waals surface area contributed by atoms with Crippen LogP contribution >= 0.6 is 0 Å². The van der Waals surface area contributed by atoms with Crippen LogP contribution in [0.2, 0.25) is 0 Å². The molecule has 0 aliphatic carbocycles. The molecule has 0 spiro atoms. The number of nitrogen functional groups attached to an aromatic ring is 1. The lowest BCUT2D eigenvalue weighted by Gasteiger charge is -1.99. The number of nitrogens with two attached hydrogens (primary N) is 2. The second-order valence-electron chi connectivity index (χ2n) is 4.80. The van der Waals surface area contributed by atoms with Crippen molar-refractivity contribution in [3.63, 3.8) is 0 Å². The van der Waals surface area contributed by atoms with E-state index in [1.54, 1.807) is 6.21 Å². The van der Waals surface area contributed by atoms with E-state index < -0.39 is 0 Å². The predicted octanol–water partition coefficient (Wildman–Crippen LogP) is 2.41. The fourth-order valence-corrected chi connectivity index (χ4v) is 2.28. The molecule has 6 N–H and O–H groups in total. The molecule has 0 saturated heterocycles. The normalized spacial score (nSPS) is 11.2. The van der Waals surface area contributed by atoms with Crippen LogP contribution in [-0.2, 0) is 0 Å². The fraction of sp³-hybridized carbons (Fsp3) is 0. The van der Waals surface area contributed by atoms with Crippen molar-refractivity contribution in [1.82, 2.24) is 4.98 Å². The first-order chi connectivity index (χ1) is 10.2. The maximum Gasteiger partial charge on any atom is 0.122 e. The third-order valence-corrected chi connectivity index (χ3v) is 3.38. The highest BCUT2D eigenvalue weighted by Crippen LogP contribution is 2.25. The van der Waals surface area contributed by atoms with Gasteiger partial charge in [0, 0.05) is 22.2 Å². The highest BCUT2D eigenvalue weighted by atomic mass is 15.1. The van der Waals surface area contributed by atoms with E-state index in [2.05, 4.69) is 16.2 Å². The lowest BCUT2D eigenvalue weighted by Crippen LogP contribution is -2.10. The standard InChI is InChI=1S/C16H15N5/c17-16(18)13-6-5-12-7-14(21-15(12)8-13)11-3-1-10(2-4-11)9-20-19/h1-9,21H,19H2,(H3,17,18)/b20-9+. The molecule has 104 valence electrons. The van der Waals surface area contributed by atoms with Gasteiger partial charge in [-0.3, -0.25) is 5.41 Å². The first-order valence-corrected chi connectivity index (χ1v) is 6.48. The number of hydrogen-bond acceptors (Lipinski definition) is 3. The van der Waals surface area contributed by atoms with Crippen molar-refractivity contribution in [1.29, 1.82) is 5.41 Å². The summed E-state index contributed by atoms with van der Waals surface area (Å²) >= 11 is 0. The number of H-pyrrole nitrogens is 1. The average Bonchev–Trinajstić information content (AvgIpc) is 2.91. The Morgan fingerprint density at radius 1 is 1.10 bits per heavy atom. The zero-order valence-electron chi connectivity index (χ0n) is 11.3. The second kappa shape index (κ2) is 5.13. The number of nitrogens with one attached hydrogen (secondary N) is 2. The minimum absolute atomic E-state index is 0.0680. The van der Waals surface area contributed by atoms with Crippen molar-refractivity contribution in [3.8, 4) is 11.3 Å². The monoisotopic (exact) mass is 277 g/mol. The third kappa shape index (κ3) is 2.49. The highest BCUT2D eigenvalue weighted by Gasteiger charge is 2.05. The smallest absolute Gasteiger partial charge is 0.122 e. The molecule has 3 rings (SSSR count). The van der Waals surface area contributed by atoms with Gasteiger partial charge in [-0.05, 0) is 23.3 Å². The van der Waals surface area contributed by atoms with Gasteiger partial charge in [0.05, 0.1) is 6.21 Å². The average molecular weight is 277 g/mol. The Hall–Kier alpha value is -3.08. The Balaban J connectivity index is 2.02. The highest BCUT2D eigenvalue weighted by molar-refractivity contribution is 5.99. The van der Waals surface area contributed by atoms with Crippen molar-refractivity contribution in [3.05, 3.63) is 59.7 Å². The molecule has 1 heterocycles. The predicted molar refractivity (Wildman–Crippen MR) is 86.5 cm³/mol. The van der Waals surface area contributed by atoms with Crippen LogP contribution in [0.1, 0.15) is 11.1 Å². The molecule has 0 saturated carbocycles. The van der Waals surface area contributed by atoms with E-state index in [1.165, 1.54) is 0 Å². The van der Waals surface area contributed by atoms with E-state index in [4.69, 9.17) is 17.0 Å². The summed E-state index contributed by atoms with van der Waals surface area (Å²) in [4.78, 5) is 3.35. The topological polar surface area (TPSA) is 104 Å². The molecule has 0 atom stereocenters. The molecule has 0 bridgehead atoms. The van der Waals surface area contributed by atoms with E-state index in [0.29, 0.717) is 5.56 Å². The summed E-state index contributed by atoms with van der Waals surface area (Å²) in [5.41, 5.74) is 10.2. The number of hydrogen-bond donors (Lipinski definition) is 4. The number of aromatic nitrogens is 1. The molecule has 0 aliphatic rings. The van der Waals surface area contributed by atoms with Crippen LogP contribution in [0.4, 0.5) is 0 Å². The minimum atomic E-state index is 0.0680. The van der Waals surface area contributed by atoms with Crippen molar-refractivity contribution in [2.24, 2.45) is 16.7 Å². The van der Waals surface area contributed by atoms with E-state index in [9.17, 15) is 0 Å². The maximum absolute atomic E-state index is 7.49. The van der Waals surface area contributed by atoms with Gasteiger partial charge in [-0.1, -0.05) is 36.4 Å². The van der Waals surface area contributed by atoms with E-state index in [-0.39, 0.29) is 5.84 Å². The number of hydrazone groups is 1. The van der Waals surface area contributed by atoms with Crippen LogP contribution in [0.3, 0.4) is 0 Å². The lowest BCUT2D eigenvalue weighted by molar-refractivity contribution is 1.26. The Morgan fingerprint density at radius 2 is 1.86 bits per heavy atom. The molecule has 0 amide bonds. The van der Waals surface area contributed by atoms with E-state index in [1.807, 2.05) is 42.5 Å². The van der Waals surface area contributed by atoms with Crippen LogP contribution in [-0.4, -0.2) is 17.0 Å². The number of amidine groups is 1. The third-order valence-electron chi connectivity index (χ3n) is 3.38.